The van der Waals surface area contributed by atoms with Crippen molar-refractivity contribution in [2.24, 2.45) is 0 Å². The lowest BCUT2D eigenvalue weighted by Gasteiger charge is -2.26. The van der Waals surface area contributed by atoms with E-state index < -0.39 is 0 Å². The van der Waals surface area contributed by atoms with Crippen LogP contribution in [0.25, 0.3) is 76.7 Å². The molecule has 256 valence electrons. The van der Waals surface area contributed by atoms with E-state index >= 15 is 0 Å². The molecule has 0 aliphatic rings. The molecule has 0 fully saturated rings. The van der Waals surface area contributed by atoms with Crippen molar-refractivity contribution in [3.05, 3.63) is 200 Å². The standard InChI is InChI=1S/C52H38N2/c1-2-53-50-20-9-8-18-49(50)52-48(19-11-21-51(52)53)41-15-10-16-45(35-41)54(43-29-24-37(25-30-43)36-12-4-3-5-13-36)44-31-26-38(27-32-44)40-28-33-47-42(34-40)23-22-39-14-6-7-17-46(39)47/h3-35H,2H2,1H3. The Labute approximate surface area is 315 Å². The normalized spacial score (nSPS) is 11.5. The van der Waals surface area contributed by atoms with E-state index in [9.17, 15) is 0 Å². The van der Waals surface area contributed by atoms with Gasteiger partial charge in [-0.1, -0.05) is 146 Å². The molecule has 0 saturated carbocycles. The van der Waals surface area contributed by atoms with Crippen LogP contribution in [-0.2, 0) is 6.54 Å². The van der Waals surface area contributed by atoms with E-state index in [4.69, 9.17) is 0 Å². The highest BCUT2D eigenvalue weighted by Gasteiger charge is 2.17. The second-order valence-corrected chi connectivity index (χ2v) is 14.0. The molecule has 0 bridgehead atoms. The Balaban J connectivity index is 1.08. The van der Waals surface area contributed by atoms with Crippen LogP contribution in [0.3, 0.4) is 0 Å². The summed E-state index contributed by atoms with van der Waals surface area (Å²) in [4.78, 5) is 2.38. The van der Waals surface area contributed by atoms with E-state index in [1.165, 1.54) is 76.7 Å². The highest BCUT2D eigenvalue weighted by Crippen LogP contribution is 2.41. The van der Waals surface area contributed by atoms with Crippen molar-refractivity contribution in [2.75, 3.05) is 4.90 Å². The fourth-order valence-corrected chi connectivity index (χ4v) is 8.37. The minimum absolute atomic E-state index is 0.923. The zero-order valence-corrected chi connectivity index (χ0v) is 30.2. The number of fused-ring (bicyclic) bond motifs is 6. The molecule has 2 heteroatoms. The van der Waals surface area contributed by atoms with Crippen molar-refractivity contribution < 1.29 is 0 Å². The molecule has 0 spiro atoms. The second kappa shape index (κ2) is 13.3. The Kier molecular flexibility index (Phi) is 7.81. The summed E-state index contributed by atoms with van der Waals surface area (Å²) in [6, 6.07) is 73.0. The number of aromatic nitrogens is 1. The molecule has 0 atom stereocenters. The molecule has 9 aromatic carbocycles. The smallest absolute Gasteiger partial charge is 0.0497 e. The third-order valence-electron chi connectivity index (χ3n) is 11.0. The van der Waals surface area contributed by atoms with Crippen LogP contribution in [0.2, 0.25) is 0 Å². The highest BCUT2D eigenvalue weighted by atomic mass is 15.1. The van der Waals surface area contributed by atoms with Crippen molar-refractivity contribution in [3.8, 4) is 33.4 Å². The van der Waals surface area contributed by atoms with Gasteiger partial charge < -0.3 is 9.47 Å². The average Bonchev–Trinajstić information content (AvgIpc) is 3.58. The van der Waals surface area contributed by atoms with Gasteiger partial charge in [0.2, 0.25) is 0 Å². The van der Waals surface area contributed by atoms with Crippen molar-refractivity contribution >= 4 is 60.4 Å². The van der Waals surface area contributed by atoms with E-state index in [1.807, 2.05) is 0 Å². The number of nitrogens with zero attached hydrogens (tertiary/aromatic N) is 2. The summed E-state index contributed by atoms with van der Waals surface area (Å²) >= 11 is 0. The van der Waals surface area contributed by atoms with Gasteiger partial charge in [-0.2, -0.15) is 0 Å². The molecule has 0 amide bonds. The van der Waals surface area contributed by atoms with Crippen LogP contribution in [0.4, 0.5) is 17.1 Å². The van der Waals surface area contributed by atoms with E-state index in [1.54, 1.807) is 0 Å². The van der Waals surface area contributed by atoms with Crippen molar-refractivity contribution in [1.29, 1.82) is 0 Å². The molecule has 0 unspecified atom stereocenters. The molecular weight excluding hydrogens is 653 g/mol. The van der Waals surface area contributed by atoms with Gasteiger partial charge >= 0.3 is 0 Å². The molecule has 0 radical (unpaired) electrons. The van der Waals surface area contributed by atoms with Crippen molar-refractivity contribution in [3.63, 3.8) is 0 Å². The monoisotopic (exact) mass is 690 g/mol. The predicted molar refractivity (Wildman–Crippen MR) is 231 cm³/mol. The lowest BCUT2D eigenvalue weighted by molar-refractivity contribution is 0.827. The molecular formula is C52H38N2. The Morgan fingerprint density at radius 3 is 1.72 bits per heavy atom. The predicted octanol–water partition coefficient (Wildman–Crippen LogP) is 14.6. The fourth-order valence-electron chi connectivity index (χ4n) is 8.37. The Morgan fingerprint density at radius 2 is 0.944 bits per heavy atom. The topological polar surface area (TPSA) is 8.17 Å². The summed E-state index contributed by atoms with van der Waals surface area (Å²) in [5, 5.41) is 7.70. The first-order valence-electron chi connectivity index (χ1n) is 18.8. The Hall–Kier alpha value is -6.90. The highest BCUT2D eigenvalue weighted by molar-refractivity contribution is 6.15. The summed E-state index contributed by atoms with van der Waals surface area (Å²) < 4.78 is 2.43. The van der Waals surface area contributed by atoms with Crippen molar-refractivity contribution in [2.45, 2.75) is 13.5 Å². The lowest BCUT2D eigenvalue weighted by atomic mass is 9.97. The largest absolute Gasteiger partial charge is 0.341 e. The van der Waals surface area contributed by atoms with Gasteiger partial charge in [0.1, 0.15) is 0 Å². The van der Waals surface area contributed by atoms with Gasteiger partial charge in [0.25, 0.3) is 0 Å². The van der Waals surface area contributed by atoms with E-state index in [0.29, 0.717) is 0 Å². The Bertz CT molecular complexity index is 2950. The van der Waals surface area contributed by atoms with Crippen LogP contribution in [0, 0.1) is 0 Å². The molecule has 0 saturated heterocycles. The summed E-state index contributed by atoms with van der Waals surface area (Å²) in [5.41, 5.74) is 13.1. The number of hydrogen-bond acceptors (Lipinski definition) is 1. The van der Waals surface area contributed by atoms with Gasteiger partial charge in [0.05, 0.1) is 0 Å². The van der Waals surface area contributed by atoms with Gasteiger partial charge in [-0.05, 0) is 116 Å². The van der Waals surface area contributed by atoms with E-state index in [2.05, 4.69) is 217 Å². The van der Waals surface area contributed by atoms with Crippen molar-refractivity contribution in [1.82, 2.24) is 4.57 Å². The van der Waals surface area contributed by atoms with Crippen LogP contribution >= 0.6 is 0 Å². The third kappa shape index (κ3) is 5.43. The summed E-state index contributed by atoms with van der Waals surface area (Å²) in [6.07, 6.45) is 0. The number of rotatable bonds is 7. The number of aryl methyl sites for hydroxylation is 1. The maximum Gasteiger partial charge on any atom is 0.0497 e. The van der Waals surface area contributed by atoms with Crippen LogP contribution in [0.1, 0.15) is 6.92 Å². The molecule has 54 heavy (non-hydrogen) atoms. The molecule has 1 heterocycles. The van der Waals surface area contributed by atoms with Gasteiger partial charge in [0.15, 0.2) is 0 Å². The summed E-state index contributed by atoms with van der Waals surface area (Å²) in [7, 11) is 0. The van der Waals surface area contributed by atoms with E-state index in [-0.39, 0.29) is 0 Å². The zero-order valence-electron chi connectivity index (χ0n) is 30.2. The van der Waals surface area contributed by atoms with E-state index in [0.717, 1.165) is 23.6 Å². The maximum absolute atomic E-state index is 2.43. The first kappa shape index (κ1) is 31.8. The van der Waals surface area contributed by atoms with Gasteiger partial charge in [0, 0.05) is 45.4 Å². The fraction of sp³-hybridized carbons (Fsp3) is 0.0385. The SMILES string of the molecule is CCn1c2ccccc2c2c(-c3cccc(N(c4ccc(-c5ccccc5)cc4)c4ccc(-c5ccc6c(ccc7ccccc76)c5)cc4)c3)cccc21. The molecule has 10 rings (SSSR count). The summed E-state index contributed by atoms with van der Waals surface area (Å²) in [6.45, 7) is 3.15. The van der Waals surface area contributed by atoms with Crippen LogP contribution < -0.4 is 4.90 Å². The Morgan fingerprint density at radius 1 is 0.370 bits per heavy atom. The van der Waals surface area contributed by atoms with Crippen LogP contribution in [0.15, 0.2) is 200 Å². The number of hydrogen-bond donors (Lipinski definition) is 0. The van der Waals surface area contributed by atoms with Crippen LogP contribution in [-0.4, -0.2) is 4.57 Å². The van der Waals surface area contributed by atoms with Crippen LogP contribution in [0.5, 0.6) is 0 Å². The third-order valence-corrected chi connectivity index (χ3v) is 11.0. The molecule has 10 aromatic rings. The summed E-state index contributed by atoms with van der Waals surface area (Å²) in [5.74, 6) is 0. The first-order chi connectivity index (χ1) is 26.7. The molecule has 0 N–H and O–H groups in total. The average molecular weight is 691 g/mol. The minimum Gasteiger partial charge on any atom is -0.341 e. The number of para-hydroxylation sites is 1. The van der Waals surface area contributed by atoms with Gasteiger partial charge in [-0.15, -0.1) is 0 Å². The molecule has 2 nitrogen and oxygen atoms in total. The van der Waals surface area contributed by atoms with Gasteiger partial charge in [-0.3, -0.25) is 0 Å². The molecule has 1 aromatic heterocycles. The maximum atomic E-state index is 2.43. The lowest BCUT2D eigenvalue weighted by Crippen LogP contribution is -2.10. The first-order valence-corrected chi connectivity index (χ1v) is 18.8. The van der Waals surface area contributed by atoms with Gasteiger partial charge in [-0.25, -0.2) is 0 Å². The second-order valence-electron chi connectivity index (χ2n) is 14.0. The number of anilines is 3. The number of benzene rings is 9. The quantitative estimate of drug-likeness (QED) is 0.151. The minimum atomic E-state index is 0.923. The molecule has 0 aliphatic carbocycles. The molecule has 0 aliphatic heterocycles. The zero-order chi connectivity index (χ0) is 36.0.